The Hall–Kier alpha value is -1.56. The number of nitrogens with one attached hydrogen (secondary N) is 2. The number of amides is 1. The minimum Gasteiger partial charge on any atom is -1.00 e. The number of thiophene rings is 1. The molecule has 0 bridgehead atoms. The van der Waals surface area contributed by atoms with Gasteiger partial charge in [0.25, 0.3) is 5.91 Å². The number of rotatable bonds is 7. The average molecular weight is 368 g/mol. The molecule has 1 aromatic carbocycles. The second-order valence-electron chi connectivity index (χ2n) is 6.41. The number of benzene rings is 1. The SMILES string of the molecule is CC(C)(C)NC(=O)COc1ccc(CNCc2cccs2)cc1.[Cl-]. The van der Waals surface area contributed by atoms with Crippen LogP contribution in [0.25, 0.3) is 0 Å². The first-order chi connectivity index (χ1) is 10.9. The van der Waals surface area contributed by atoms with E-state index < -0.39 is 0 Å². The van der Waals surface area contributed by atoms with Gasteiger partial charge < -0.3 is 27.8 Å². The maximum atomic E-state index is 11.7. The van der Waals surface area contributed by atoms with Crippen molar-refractivity contribution in [1.29, 1.82) is 0 Å². The van der Waals surface area contributed by atoms with Crippen LogP contribution >= 0.6 is 11.3 Å². The number of hydrogen-bond acceptors (Lipinski definition) is 4. The maximum absolute atomic E-state index is 11.7. The fourth-order valence-electron chi connectivity index (χ4n) is 2.05. The number of hydrogen-bond donors (Lipinski definition) is 2. The molecule has 0 aliphatic heterocycles. The first-order valence-corrected chi connectivity index (χ1v) is 8.56. The summed E-state index contributed by atoms with van der Waals surface area (Å²) in [6, 6.07) is 12.0. The van der Waals surface area contributed by atoms with Crippen LogP contribution < -0.4 is 27.8 Å². The highest BCUT2D eigenvalue weighted by atomic mass is 35.5. The molecule has 4 nitrogen and oxygen atoms in total. The summed E-state index contributed by atoms with van der Waals surface area (Å²) in [5.41, 5.74) is 0.950. The van der Waals surface area contributed by atoms with Crippen molar-refractivity contribution >= 4 is 17.2 Å². The Kier molecular flexibility index (Phi) is 8.25. The summed E-state index contributed by atoms with van der Waals surface area (Å²) in [6.45, 7) is 7.56. The van der Waals surface area contributed by atoms with E-state index in [9.17, 15) is 4.79 Å². The van der Waals surface area contributed by atoms with Crippen LogP contribution in [0, 0.1) is 0 Å². The normalized spacial score (nSPS) is 10.8. The number of carbonyl (C=O) groups is 1. The van der Waals surface area contributed by atoms with Crippen molar-refractivity contribution in [3.8, 4) is 5.75 Å². The number of carbonyl (C=O) groups excluding carboxylic acids is 1. The van der Waals surface area contributed by atoms with Gasteiger partial charge in [0.15, 0.2) is 6.61 Å². The topological polar surface area (TPSA) is 50.4 Å². The molecule has 132 valence electrons. The van der Waals surface area contributed by atoms with Crippen LogP contribution in [0.15, 0.2) is 41.8 Å². The molecular weight excluding hydrogens is 344 g/mol. The second-order valence-corrected chi connectivity index (χ2v) is 7.45. The molecule has 0 saturated heterocycles. The zero-order valence-electron chi connectivity index (χ0n) is 14.3. The van der Waals surface area contributed by atoms with E-state index in [0.29, 0.717) is 5.75 Å². The molecule has 1 aromatic heterocycles. The molecular formula is C18H24ClN2O2S-. The molecule has 2 rings (SSSR count). The maximum Gasteiger partial charge on any atom is 0.258 e. The van der Waals surface area contributed by atoms with Crippen LogP contribution in [0.3, 0.4) is 0 Å². The zero-order chi connectivity index (χ0) is 16.7. The summed E-state index contributed by atoms with van der Waals surface area (Å²) in [5.74, 6) is 0.593. The molecule has 0 aliphatic carbocycles. The van der Waals surface area contributed by atoms with Crippen molar-refractivity contribution in [3.05, 3.63) is 52.2 Å². The van der Waals surface area contributed by atoms with E-state index in [2.05, 4.69) is 28.1 Å². The lowest BCUT2D eigenvalue weighted by Gasteiger charge is -2.20. The molecule has 0 unspecified atom stereocenters. The lowest BCUT2D eigenvalue weighted by atomic mass is 10.1. The summed E-state index contributed by atoms with van der Waals surface area (Å²) in [7, 11) is 0. The van der Waals surface area contributed by atoms with Gasteiger partial charge in [-0.1, -0.05) is 18.2 Å². The molecule has 6 heteroatoms. The summed E-state index contributed by atoms with van der Waals surface area (Å²) in [4.78, 5) is 13.0. The molecule has 2 N–H and O–H groups in total. The van der Waals surface area contributed by atoms with Gasteiger partial charge in [0.2, 0.25) is 0 Å². The highest BCUT2D eigenvalue weighted by Gasteiger charge is 2.13. The van der Waals surface area contributed by atoms with Crippen molar-refractivity contribution in [1.82, 2.24) is 10.6 Å². The largest absolute Gasteiger partial charge is 1.00 e. The molecule has 0 radical (unpaired) electrons. The lowest BCUT2D eigenvalue weighted by Crippen LogP contribution is -3.00. The Morgan fingerprint density at radius 2 is 1.83 bits per heavy atom. The summed E-state index contributed by atoms with van der Waals surface area (Å²) < 4.78 is 5.50. The Balaban J connectivity index is 0.00000288. The Morgan fingerprint density at radius 1 is 1.12 bits per heavy atom. The van der Waals surface area contributed by atoms with E-state index in [1.54, 1.807) is 11.3 Å². The quantitative estimate of drug-likeness (QED) is 0.741. The zero-order valence-corrected chi connectivity index (χ0v) is 15.8. The molecule has 0 spiro atoms. The van der Waals surface area contributed by atoms with Gasteiger partial charge in [-0.05, 0) is 49.9 Å². The third-order valence-corrected chi connectivity index (χ3v) is 3.89. The third-order valence-electron chi connectivity index (χ3n) is 3.02. The first-order valence-electron chi connectivity index (χ1n) is 7.68. The molecule has 0 saturated carbocycles. The van der Waals surface area contributed by atoms with Gasteiger partial charge in [-0.3, -0.25) is 4.79 Å². The second kappa shape index (κ2) is 9.67. The summed E-state index contributed by atoms with van der Waals surface area (Å²) in [5, 5.41) is 8.36. The van der Waals surface area contributed by atoms with E-state index in [0.717, 1.165) is 13.1 Å². The minimum atomic E-state index is -0.238. The Labute approximate surface area is 154 Å². The Morgan fingerprint density at radius 3 is 2.42 bits per heavy atom. The molecule has 0 atom stereocenters. The molecule has 2 aromatic rings. The summed E-state index contributed by atoms with van der Waals surface area (Å²) in [6.07, 6.45) is 0. The van der Waals surface area contributed by atoms with Crippen LogP contribution in [0.5, 0.6) is 5.75 Å². The van der Waals surface area contributed by atoms with Gasteiger partial charge in [-0.15, -0.1) is 11.3 Å². The van der Waals surface area contributed by atoms with Crippen LogP contribution in [-0.4, -0.2) is 18.1 Å². The molecule has 24 heavy (non-hydrogen) atoms. The van der Waals surface area contributed by atoms with Crippen molar-refractivity contribution in [2.24, 2.45) is 0 Å². The van der Waals surface area contributed by atoms with Gasteiger partial charge in [0.05, 0.1) is 0 Å². The fraction of sp³-hybridized carbons (Fsp3) is 0.389. The Bertz CT molecular complexity index is 607. The van der Waals surface area contributed by atoms with E-state index in [-0.39, 0.29) is 30.5 Å². The third kappa shape index (κ3) is 7.81. The predicted molar refractivity (Wildman–Crippen MR) is 94.7 cm³/mol. The molecule has 0 aliphatic rings. The molecule has 1 amide bonds. The molecule has 0 fully saturated rings. The first kappa shape index (κ1) is 20.5. The number of halogens is 1. The predicted octanol–water partition coefficient (Wildman–Crippen LogP) is 0.335. The van der Waals surface area contributed by atoms with Crippen LogP contribution in [-0.2, 0) is 17.9 Å². The van der Waals surface area contributed by atoms with Gasteiger partial charge in [-0.2, -0.15) is 0 Å². The highest BCUT2D eigenvalue weighted by Crippen LogP contribution is 2.13. The fourth-order valence-corrected chi connectivity index (χ4v) is 2.72. The van der Waals surface area contributed by atoms with Crippen LogP contribution in [0.4, 0.5) is 0 Å². The lowest BCUT2D eigenvalue weighted by molar-refractivity contribution is -0.124. The van der Waals surface area contributed by atoms with E-state index in [1.165, 1.54) is 10.4 Å². The van der Waals surface area contributed by atoms with Crippen LogP contribution in [0.2, 0.25) is 0 Å². The van der Waals surface area contributed by atoms with Gasteiger partial charge in [0, 0.05) is 23.5 Å². The van der Waals surface area contributed by atoms with Crippen molar-refractivity contribution in [2.75, 3.05) is 6.61 Å². The van der Waals surface area contributed by atoms with E-state index in [1.807, 2.05) is 45.0 Å². The van der Waals surface area contributed by atoms with E-state index in [4.69, 9.17) is 4.74 Å². The average Bonchev–Trinajstić information content (AvgIpc) is 2.98. The van der Waals surface area contributed by atoms with Gasteiger partial charge in [0.1, 0.15) is 5.75 Å². The van der Waals surface area contributed by atoms with Crippen molar-refractivity contribution in [3.63, 3.8) is 0 Å². The van der Waals surface area contributed by atoms with Gasteiger partial charge >= 0.3 is 0 Å². The summed E-state index contributed by atoms with van der Waals surface area (Å²) >= 11 is 1.75. The highest BCUT2D eigenvalue weighted by molar-refractivity contribution is 7.09. The molecule has 1 heterocycles. The monoisotopic (exact) mass is 367 g/mol. The van der Waals surface area contributed by atoms with E-state index >= 15 is 0 Å². The van der Waals surface area contributed by atoms with Gasteiger partial charge in [-0.25, -0.2) is 0 Å². The number of ether oxygens (including phenoxy) is 1. The van der Waals surface area contributed by atoms with Crippen molar-refractivity contribution in [2.45, 2.75) is 39.4 Å². The van der Waals surface area contributed by atoms with Crippen LogP contribution in [0.1, 0.15) is 31.2 Å². The standard InChI is InChI=1S/C18H24N2O2S.ClH/c1-18(2,3)20-17(21)13-22-15-8-6-14(7-9-15)11-19-12-16-5-4-10-23-16;/h4-10,19H,11-13H2,1-3H3,(H,20,21);1H/p-1. The smallest absolute Gasteiger partial charge is 0.258 e. The minimum absolute atomic E-state index is 0. The van der Waals surface area contributed by atoms with Crippen molar-refractivity contribution < 1.29 is 21.9 Å².